The van der Waals surface area contributed by atoms with E-state index in [1.54, 1.807) is 38.1 Å². The second-order valence-electron chi connectivity index (χ2n) is 7.32. The highest BCUT2D eigenvalue weighted by Crippen LogP contribution is 2.30. The maximum Gasteiger partial charge on any atom is 0.289 e. The van der Waals surface area contributed by atoms with Crippen LogP contribution in [0.2, 0.25) is 5.02 Å². The van der Waals surface area contributed by atoms with E-state index in [0.717, 1.165) is 31.0 Å². The van der Waals surface area contributed by atoms with Crippen molar-refractivity contribution >= 4 is 40.4 Å². The summed E-state index contributed by atoms with van der Waals surface area (Å²) in [6.45, 7) is 3.38. The average Bonchev–Trinajstić information content (AvgIpc) is 2.96. The number of hydrogen-bond donors (Lipinski definition) is 1. The predicted octanol–water partition coefficient (Wildman–Crippen LogP) is 3.62. The molecule has 8 heteroatoms. The number of carbonyl (C=O) groups is 3. The van der Waals surface area contributed by atoms with Crippen molar-refractivity contribution in [3.8, 4) is 5.75 Å². The minimum absolute atomic E-state index is 0.173. The molecule has 1 heterocycles. The lowest BCUT2D eigenvalue weighted by atomic mass is 9.88. The number of thioether (sulfide) groups is 1. The molecular weight excluding hydrogens is 388 g/mol. The van der Waals surface area contributed by atoms with Crippen LogP contribution in [-0.2, 0) is 9.59 Å². The van der Waals surface area contributed by atoms with Gasteiger partial charge in [0.1, 0.15) is 5.75 Å². The molecule has 3 amide bonds. The zero-order valence-electron chi connectivity index (χ0n) is 15.4. The van der Waals surface area contributed by atoms with E-state index in [2.05, 4.69) is 5.32 Å². The molecule has 3 rings (SSSR count). The Morgan fingerprint density at radius 3 is 2.52 bits per heavy atom. The second-order valence-corrected chi connectivity index (χ2v) is 8.68. The fourth-order valence-electron chi connectivity index (χ4n) is 3.46. The van der Waals surface area contributed by atoms with Crippen LogP contribution in [0.15, 0.2) is 24.3 Å². The van der Waals surface area contributed by atoms with Crippen molar-refractivity contribution < 1.29 is 19.1 Å². The highest BCUT2D eigenvalue weighted by molar-refractivity contribution is 8.14. The molecular formula is C19H23ClN2O4S. The molecule has 2 atom stereocenters. The first-order chi connectivity index (χ1) is 12.8. The van der Waals surface area contributed by atoms with Crippen LogP contribution in [0.4, 0.5) is 4.79 Å². The van der Waals surface area contributed by atoms with E-state index in [9.17, 15) is 14.4 Å². The van der Waals surface area contributed by atoms with Gasteiger partial charge in [0.05, 0.1) is 11.8 Å². The van der Waals surface area contributed by atoms with Crippen molar-refractivity contribution in [3.05, 3.63) is 29.3 Å². The van der Waals surface area contributed by atoms with Gasteiger partial charge in [-0.1, -0.05) is 36.2 Å². The Balaban J connectivity index is 1.69. The number of nitrogens with one attached hydrogen (secondary N) is 1. The van der Waals surface area contributed by atoms with Crippen molar-refractivity contribution in [1.29, 1.82) is 0 Å². The molecule has 1 aliphatic carbocycles. The first-order valence-corrected chi connectivity index (χ1v) is 10.4. The van der Waals surface area contributed by atoms with Gasteiger partial charge in [0.15, 0.2) is 5.60 Å². The molecule has 2 fully saturated rings. The fourth-order valence-corrected chi connectivity index (χ4v) is 4.35. The third kappa shape index (κ3) is 4.58. The third-order valence-electron chi connectivity index (χ3n) is 4.90. The molecule has 27 heavy (non-hydrogen) atoms. The van der Waals surface area contributed by atoms with Gasteiger partial charge in [0.2, 0.25) is 5.91 Å². The van der Waals surface area contributed by atoms with E-state index in [-0.39, 0.29) is 34.9 Å². The summed E-state index contributed by atoms with van der Waals surface area (Å²) in [6.07, 6.45) is 3.32. The van der Waals surface area contributed by atoms with Gasteiger partial charge in [-0.2, -0.15) is 0 Å². The number of hydrogen-bond acceptors (Lipinski definition) is 5. The molecule has 1 N–H and O–H groups in total. The lowest BCUT2D eigenvalue weighted by Crippen LogP contribution is -2.58. The number of nitrogens with zero attached hydrogens (tertiary/aromatic N) is 1. The van der Waals surface area contributed by atoms with E-state index in [4.69, 9.17) is 16.3 Å². The van der Waals surface area contributed by atoms with Crippen LogP contribution in [0, 0.1) is 0 Å². The Morgan fingerprint density at radius 2 is 1.89 bits per heavy atom. The molecule has 6 nitrogen and oxygen atoms in total. The van der Waals surface area contributed by atoms with Crippen molar-refractivity contribution in [2.75, 3.05) is 5.75 Å². The summed E-state index contributed by atoms with van der Waals surface area (Å²) in [5.74, 6) is 0.274. The van der Waals surface area contributed by atoms with Gasteiger partial charge in [-0.3, -0.25) is 19.3 Å². The van der Waals surface area contributed by atoms with Crippen LogP contribution in [0.5, 0.6) is 5.75 Å². The van der Waals surface area contributed by atoms with Crippen molar-refractivity contribution in [3.63, 3.8) is 0 Å². The first-order valence-electron chi connectivity index (χ1n) is 9.02. The molecule has 0 spiro atoms. The molecule has 1 saturated carbocycles. The monoisotopic (exact) mass is 410 g/mol. The van der Waals surface area contributed by atoms with E-state index in [0.29, 0.717) is 17.2 Å². The minimum Gasteiger partial charge on any atom is -0.478 e. The molecule has 1 aromatic carbocycles. The van der Waals surface area contributed by atoms with Crippen LogP contribution in [-0.4, -0.2) is 45.4 Å². The van der Waals surface area contributed by atoms with Crippen LogP contribution in [0.1, 0.15) is 39.5 Å². The zero-order valence-corrected chi connectivity index (χ0v) is 16.9. The molecule has 1 aliphatic heterocycles. The number of amides is 3. The number of ether oxygens (including phenoxy) is 1. The molecule has 0 aromatic heterocycles. The molecule has 2 aliphatic rings. The number of benzene rings is 1. The smallest absolute Gasteiger partial charge is 0.289 e. The fraction of sp³-hybridized carbons (Fsp3) is 0.526. The van der Waals surface area contributed by atoms with Crippen LogP contribution < -0.4 is 10.1 Å². The van der Waals surface area contributed by atoms with Crippen LogP contribution in [0.3, 0.4) is 0 Å². The number of rotatable bonds is 5. The highest BCUT2D eigenvalue weighted by atomic mass is 35.5. The summed E-state index contributed by atoms with van der Waals surface area (Å²) in [6, 6.07) is 6.27. The molecule has 0 radical (unpaired) electrons. The highest BCUT2D eigenvalue weighted by Gasteiger charge is 2.42. The summed E-state index contributed by atoms with van der Waals surface area (Å²) >= 11 is 6.91. The van der Waals surface area contributed by atoms with Gasteiger partial charge in [-0.25, -0.2) is 0 Å². The Bertz CT molecular complexity index is 722. The maximum atomic E-state index is 12.9. The Morgan fingerprint density at radius 1 is 1.22 bits per heavy atom. The van der Waals surface area contributed by atoms with E-state index in [1.807, 2.05) is 0 Å². The van der Waals surface area contributed by atoms with E-state index < -0.39 is 5.60 Å². The Kier molecular flexibility index (Phi) is 6.01. The standard InChI is InChI=1S/C19H23ClN2O4S/c1-19(2,26-13-9-7-12(20)8-10-13)17(24)21-14-5-3-4-6-15(14)22-16(23)11-27-18(22)25/h7-10,14-15H,3-6,11H2,1-2H3,(H,21,24)/t14-,15-/m1/s1. The average molecular weight is 411 g/mol. The van der Waals surface area contributed by atoms with Crippen molar-refractivity contribution in [2.24, 2.45) is 0 Å². The molecule has 1 saturated heterocycles. The number of carbonyl (C=O) groups excluding carboxylic acids is 3. The lowest BCUT2D eigenvalue weighted by Gasteiger charge is -2.38. The molecule has 0 unspecified atom stereocenters. The second kappa shape index (κ2) is 8.10. The van der Waals surface area contributed by atoms with E-state index in [1.165, 1.54) is 4.90 Å². The summed E-state index contributed by atoms with van der Waals surface area (Å²) in [7, 11) is 0. The van der Waals surface area contributed by atoms with Crippen LogP contribution in [0.25, 0.3) is 0 Å². The first kappa shape index (κ1) is 20.0. The number of imide groups is 1. The normalized spacial score (nSPS) is 23.4. The predicted molar refractivity (Wildman–Crippen MR) is 105 cm³/mol. The van der Waals surface area contributed by atoms with Gasteiger partial charge in [0, 0.05) is 11.1 Å². The SMILES string of the molecule is CC(C)(Oc1ccc(Cl)cc1)C(=O)N[C@@H]1CCCC[C@H]1N1C(=O)CSC1=O. The van der Waals surface area contributed by atoms with Gasteiger partial charge in [-0.05, 0) is 51.0 Å². The van der Waals surface area contributed by atoms with Crippen molar-refractivity contribution in [1.82, 2.24) is 10.2 Å². The topological polar surface area (TPSA) is 75.7 Å². The summed E-state index contributed by atoms with van der Waals surface area (Å²) < 4.78 is 5.84. The number of halogens is 1. The quantitative estimate of drug-likeness (QED) is 0.802. The third-order valence-corrected chi connectivity index (χ3v) is 5.98. The van der Waals surface area contributed by atoms with Gasteiger partial charge in [-0.15, -0.1) is 0 Å². The van der Waals surface area contributed by atoms with Gasteiger partial charge in [0.25, 0.3) is 11.1 Å². The van der Waals surface area contributed by atoms with Gasteiger partial charge < -0.3 is 10.1 Å². The zero-order chi connectivity index (χ0) is 19.6. The van der Waals surface area contributed by atoms with Crippen LogP contribution >= 0.6 is 23.4 Å². The molecule has 0 bridgehead atoms. The largest absolute Gasteiger partial charge is 0.478 e. The Labute approximate surface area is 167 Å². The van der Waals surface area contributed by atoms with Gasteiger partial charge >= 0.3 is 0 Å². The molecule has 146 valence electrons. The van der Waals surface area contributed by atoms with E-state index >= 15 is 0 Å². The minimum atomic E-state index is -1.11. The lowest BCUT2D eigenvalue weighted by molar-refractivity contribution is -0.137. The summed E-state index contributed by atoms with van der Waals surface area (Å²) in [4.78, 5) is 38.4. The summed E-state index contributed by atoms with van der Waals surface area (Å²) in [5, 5.41) is 3.38. The molecule has 1 aromatic rings. The van der Waals surface area contributed by atoms with Crippen molar-refractivity contribution in [2.45, 2.75) is 57.2 Å². The Hall–Kier alpha value is -1.73. The summed E-state index contributed by atoms with van der Waals surface area (Å²) in [5.41, 5.74) is -1.11. The maximum absolute atomic E-state index is 12.9.